The van der Waals surface area contributed by atoms with Crippen LogP contribution in [0, 0.1) is 0 Å². The Balaban J connectivity index is 3.16. The van der Waals surface area contributed by atoms with Gasteiger partial charge in [0.15, 0.2) is 0 Å². The van der Waals surface area contributed by atoms with Crippen LogP contribution in [-0.4, -0.2) is 12.4 Å². The Morgan fingerprint density at radius 2 is 1.81 bits per heavy atom. The molecule has 1 aromatic carbocycles. The van der Waals surface area contributed by atoms with Crippen LogP contribution in [0.5, 0.6) is 5.75 Å². The van der Waals surface area contributed by atoms with Gasteiger partial charge in [0.05, 0.1) is 6.10 Å². The second kappa shape index (κ2) is 4.69. The number of aldehydes is 1. The van der Waals surface area contributed by atoms with Crippen molar-refractivity contribution < 1.29 is 9.53 Å². The lowest BCUT2D eigenvalue weighted by Gasteiger charge is -2.21. The van der Waals surface area contributed by atoms with E-state index in [1.54, 1.807) is 6.07 Å². The lowest BCUT2D eigenvalue weighted by atomic mass is 9.86. The molecule has 0 radical (unpaired) electrons. The third-order valence-corrected chi connectivity index (χ3v) is 2.30. The molecule has 0 spiro atoms. The number of benzene rings is 1. The van der Waals surface area contributed by atoms with E-state index in [-0.39, 0.29) is 11.5 Å². The van der Waals surface area contributed by atoms with E-state index >= 15 is 0 Å². The van der Waals surface area contributed by atoms with Gasteiger partial charge in [-0.1, -0.05) is 20.8 Å². The van der Waals surface area contributed by atoms with Gasteiger partial charge in [-0.3, -0.25) is 4.79 Å². The fraction of sp³-hybridized carbons (Fsp3) is 0.500. The van der Waals surface area contributed by atoms with Crippen LogP contribution in [0.3, 0.4) is 0 Å². The molecule has 0 saturated carbocycles. The molecule has 0 heterocycles. The first-order chi connectivity index (χ1) is 7.32. The fourth-order valence-corrected chi connectivity index (χ4v) is 1.46. The van der Waals surface area contributed by atoms with Gasteiger partial charge in [0.2, 0.25) is 0 Å². The summed E-state index contributed by atoms with van der Waals surface area (Å²) in [4.78, 5) is 10.9. The van der Waals surface area contributed by atoms with Crippen LogP contribution in [0.4, 0.5) is 0 Å². The van der Waals surface area contributed by atoms with E-state index in [9.17, 15) is 4.79 Å². The highest BCUT2D eigenvalue weighted by atomic mass is 16.5. The smallest absolute Gasteiger partial charge is 0.150 e. The summed E-state index contributed by atoms with van der Waals surface area (Å²) < 4.78 is 5.63. The van der Waals surface area contributed by atoms with Crippen molar-refractivity contribution in [2.45, 2.75) is 46.1 Å². The van der Waals surface area contributed by atoms with Crippen molar-refractivity contribution in [1.82, 2.24) is 0 Å². The Hall–Kier alpha value is -1.31. The average Bonchev–Trinajstić information content (AvgIpc) is 2.14. The predicted octanol–water partition coefficient (Wildman–Crippen LogP) is 3.58. The van der Waals surface area contributed by atoms with E-state index in [2.05, 4.69) is 20.8 Å². The van der Waals surface area contributed by atoms with Crippen LogP contribution < -0.4 is 4.74 Å². The van der Waals surface area contributed by atoms with Crippen molar-refractivity contribution in [1.29, 1.82) is 0 Å². The standard InChI is InChI=1S/C14H20O2/c1-10(2)16-13-7-11(9-15)6-12(8-13)14(3,4)5/h6-10H,1-5H3. The number of carbonyl (C=O) groups is 1. The first-order valence-corrected chi connectivity index (χ1v) is 5.60. The average molecular weight is 220 g/mol. The Morgan fingerprint density at radius 3 is 2.25 bits per heavy atom. The Morgan fingerprint density at radius 1 is 1.19 bits per heavy atom. The van der Waals surface area contributed by atoms with Gasteiger partial charge in [0.1, 0.15) is 12.0 Å². The van der Waals surface area contributed by atoms with Gasteiger partial charge in [-0.25, -0.2) is 0 Å². The zero-order valence-corrected chi connectivity index (χ0v) is 10.7. The summed E-state index contributed by atoms with van der Waals surface area (Å²) >= 11 is 0. The molecule has 0 atom stereocenters. The van der Waals surface area contributed by atoms with E-state index in [4.69, 9.17) is 4.74 Å². The molecule has 0 bridgehead atoms. The monoisotopic (exact) mass is 220 g/mol. The predicted molar refractivity (Wildman–Crippen MR) is 66.3 cm³/mol. The molecule has 0 aliphatic rings. The van der Waals surface area contributed by atoms with E-state index in [1.807, 2.05) is 26.0 Å². The van der Waals surface area contributed by atoms with Crippen LogP contribution in [0.2, 0.25) is 0 Å². The SMILES string of the molecule is CC(C)Oc1cc(C=O)cc(C(C)(C)C)c1. The minimum Gasteiger partial charge on any atom is -0.491 e. The maximum absolute atomic E-state index is 10.9. The van der Waals surface area contributed by atoms with E-state index < -0.39 is 0 Å². The van der Waals surface area contributed by atoms with Crippen LogP contribution in [0.1, 0.15) is 50.5 Å². The molecule has 0 fully saturated rings. The van der Waals surface area contributed by atoms with Gasteiger partial charge in [0, 0.05) is 5.56 Å². The van der Waals surface area contributed by atoms with Gasteiger partial charge < -0.3 is 4.74 Å². The van der Waals surface area contributed by atoms with E-state index in [0.29, 0.717) is 5.56 Å². The number of hydrogen-bond donors (Lipinski definition) is 0. The molecule has 1 rings (SSSR count). The molecule has 1 aromatic rings. The summed E-state index contributed by atoms with van der Waals surface area (Å²) in [5.74, 6) is 0.768. The summed E-state index contributed by atoms with van der Waals surface area (Å²) in [7, 11) is 0. The molecule has 88 valence electrons. The molecular weight excluding hydrogens is 200 g/mol. The van der Waals surface area contributed by atoms with Gasteiger partial charge >= 0.3 is 0 Å². The van der Waals surface area contributed by atoms with E-state index in [0.717, 1.165) is 17.6 Å². The Kier molecular flexibility index (Phi) is 3.74. The van der Waals surface area contributed by atoms with Crippen molar-refractivity contribution in [3.63, 3.8) is 0 Å². The topological polar surface area (TPSA) is 26.3 Å². The number of ether oxygens (including phenoxy) is 1. The third-order valence-electron chi connectivity index (χ3n) is 2.30. The van der Waals surface area contributed by atoms with Crippen LogP contribution in [0.15, 0.2) is 18.2 Å². The van der Waals surface area contributed by atoms with Crippen LogP contribution in [0.25, 0.3) is 0 Å². The first kappa shape index (κ1) is 12.8. The summed E-state index contributed by atoms with van der Waals surface area (Å²) in [6, 6.07) is 5.70. The molecule has 0 aromatic heterocycles. The summed E-state index contributed by atoms with van der Waals surface area (Å²) in [5.41, 5.74) is 1.81. The largest absolute Gasteiger partial charge is 0.491 e. The van der Waals surface area contributed by atoms with Crippen molar-refractivity contribution in [2.24, 2.45) is 0 Å². The zero-order chi connectivity index (χ0) is 12.3. The summed E-state index contributed by atoms with van der Waals surface area (Å²) in [6.45, 7) is 10.3. The molecule has 2 heteroatoms. The van der Waals surface area contributed by atoms with Crippen molar-refractivity contribution in [3.8, 4) is 5.75 Å². The maximum atomic E-state index is 10.9. The molecule has 16 heavy (non-hydrogen) atoms. The Bertz CT molecular complexity index is 373. The summed E-state index contributed by atoms with van der Waals surface area (Å²) in [5, 5.41) is 0. The molecule has 2 nitrogen and oxygen atoms in total. The Labute approximate surface area is 97.6 Å². The van der Waals surface area contributed by atoms with Crippen molar-refractivity contribution in [3.05, 3.63) is 29.3 Å². The molecular formula is C14H20O2. The highest BCUT2D eigenvalue weighted by Gasteiger charge is 2.16. The molecule has 0 aliphatic carbocycles. The molecule has 0 saturated heterocycles. The minimum atomic E-state index is 0.0219. The van der Waals surface area contributed by atoms with Crippen molar-refractivity contribution >= 4 is 6.29 Å². The van der Waals surface area contributed by atoms with Gasteiger partial charge in [0.25, 0.3) is 0 Å². The highest BCUT2D eigenvalue weighted by Crippen LogP contribution is 2.27. The highest BCUT2D eigenvalue weighted by molar-refractivity contribution is 5.76. The lowest BCUT2D eigenvalue weighted by molar-refractivity contribution is 0.112. The normalized spacial score (nSPS) is 11.6. The van der Waals surface area contributed by atoms with Gasteiger partial charge in [-0.05, 0) is 43.0 Å². The second-order valence-corrected chi connectivity index (χ2v) is 5.33. The van der Waals surface area contributed by atoms with E-state index in [1.165, 1.54) is 0 Å². The summed E-state index contributed by atoms with van der Waals surface area (Å²) in [6.07, 6.45) is 0.984. The first-order valence-electron chi connectivity index (χ1n) is 5.60. The number of rotatable bonds is 3. The molecule has 0 amide bonds. The van der Waals surface area contributed by atoms with Crippen molar-refractivity contribution in [2.75, 3.05) is 0 Å². The number of hydrogen-bond acceptors (Lipinski definition) is 2. The molecule has 0 aliphatic heterocycles. The quantitative estimate of drug-likeness (QED) is 0.728. The third kappa shape index (κ3) is 3.37. The van der Waals surface area contributed by atoms with Gasteiger partial charge in [-0.15, -0.1) is 0 Å². The minimum absolute atomic E-state index is 0.0219. The molecule has 0 unspecified atom stereocenters. The molecule has 0 N–H and O–H groups in total. The lowest BCUT2D eigenvalue weighted by Crippen LogP contribution is -2.13. The van der Waals surface area contributed by atoms with Crippen LogP contribution in [-0.2, 0) is 5.41 Å². The number of carbonyl (C=O) groups excluding carboxylic acids is 1. The van der Waals surface area contributed by atoms with Gasteiger partial charge in [-0.2, -0.15) is 0 Å². The second-order valence-electron chi connectivity index (χ2n) is 5.33. The maximum Gasteiger partial charge on any atom is 0.150 e. The van der Waals surface area contributed by atoms with Crippen LogP contribution >= 0.6 is 0 Å². The fourth-order valence-electron chi connectivity index (χ4n) is 1.46. The zero-order valence-electron chi connectivity index (χ0n) is 10.7.